The minimum atomic E-state index is -1.31. The Labute approximate surface area is 164 Å². The third-order valence-electron chi connectivity index (χ3n) is 3.64. The van der Waals surface area contributed by atoms with Crippen LogP contribution in [0.3, 0.4) is 0 Å². The van der Waals surface area contributed by atoms with E-state index >= 15 is 0 Å². The first-order valence-corrected chi connectivity index (χ1v) is 8.86. The van der Waals surface area contributed by atoms with Gasteiger partial charge in [0.25, 0.3) is 5.89 Å². The van der Waals surface area contributed by atoms with E-state index in [-0.39, 0.29) is 6.61 Å². The Morgan fingerprint density at radius 3 is 2.37 bits per heavy atom. The molecule has 0 saturated heterocycles. The van der Waals surface area contributed by atoms with Crippen molar-refractivity contribution in [2.24, 2.45) is 0 Å². The number of ether oxygens (including phenoxy) is 2. The highest BCUT2D eigenvalue weighted by Crippen LogP contribution is 2.23. The SMILES string of the molecule is CC(C)(Oc1ccc(OCc2noc(-c3ccc(Br)cc3)n2)cc1)C(=O)O. The number of aromatic nitrogens is 2. The Hall–Kier alpha value is -2.87. The number of rotatable bonds is 7. The van der Waals surface area contributed by atoms with Gasteiger partial charge in [-0.15, -0.1) is 0 Å². The smallest absolute Gasteiger partial charge is 0.347 e. The van der Waals surface area contributed by atoms with E-state index in [0.29, 0.717) is 23.2 Å². The quantitative estimate of drug-likeness (QED) is 0.593. The second-order valence-corrected chi connectivity index (χ2v) is 7.12. The zero-order valence-electron chi connectivity index (χ0n) is 14.7. The maximum atomic E-state index is 11.1. The molecular weight excluding hydrogens is 416 g/mol. The van der Waals surface area contributed by atoms with E-state index in [1.165, 1.54) is 13.8 Å². The van der Waals surface area contributed by atoms with Gasteiger partial charge in [0.15, 0.2) is 12.2 Å². The number of halogens is 1. The lowest BCUT2D eigenvalue weighted by Crippen LogP contribution is -2.37. The summed E-state index contributed by atoms with van der Waals surface area (Å²) in [5, 5.41) is 13.0. The Morgan fingerprint density at radius 1 is 1.11 bits per heavy atom. The molecule has 0 fully saturated rings. The Bertz CT molecular complexity index is 920. The first kappa shape index (κ1) is 18.9. The summed E-state index contributed by atoms with van der Waals surface area (Å²) in [7, 11) is 0. The molecule has 0 bridgehead atoms. The first-order chi connectivity index (χ1) is 12.8. The fraction of sp³-hybridized carbons (Fsp3) is 0.211. The van der Waals surface area contributed by atoms with E-state index < -0.39 is 11.6 Å². The molecule has 0 aliphatic heterocycles. The molecule has 0 unspecified atom stereocenters. The van der Waals surface area contributed by atoms with Crippen molar-refractivity contribution in [2.45, 2.75) is 26.1 Å². The predicted octanol–water partition coefficient (Wildman–Crippen LogP) is 4.32. The molecule has 8 heteroatoms. The van der Waals surface area contributed by atoms with Crippen molar-refractivity contribution >= 4 is 21.9 Å². The summed E-state index contributed by atoms with van der Waals surface area (Å²) in [6, 6.07) is 14.2. The average Bonchev–Trinajstić information content (AvgIpc) is 3.10. The van der Waals surface area contributed by atoms with Gasteiger partial charge in [-0.05, 0) is 62.4 Å². The number of hydrogen-bond acceptors (Lipinski definition) is 6. The molecule has 0 amide bonds. The van der Waals surface area contributed by atoms with Gasteiger partial charge in [-0.1, -0.05) is 21.1 Å². The van der Waals surface area contributed by atoms with Crippen LogP contribution < -0.4 is 9.47 Å². The summed E-state index contributed by atoms with van der Waals surface area (Å²) in [5.74, 6) is 0.805. The van der Waals surface area contributed by atoms with E-state index in [1.807, 2.05) is 24.3 Å². The number of carbonyl (C=O) groups is 1. The standard InChI is InChI=1S/C19H17BrN2O5/c1-19(2,18(23)24)26-15-9-7-14(8-10-15)25-11-16-21-17(27-22-16)12-3-5-13(20)6-4-12/h3-10H,11H2,1-2H3,(H,23,24). The molecule has 1 heterocycles. The molecular formula is C19H17BrN2O5. The molecule has 1 aromatic heterocycles. The third-order valence-corrected chi connectivity index (χ3v) is 4.17. The van der Waals surface area contributed by atoms with Crippen LogP contribution in [0.4, 0.5) is 0 Å². The summed E-state index contributed by atoms with van der Waals surface area (Å²) in [6.07, 6.45) is 0. The average molecular weight is 433 g/mol. The maximum absolute atomic E-state index is 11.1. The summed E-state index contributed by atoms with van der Waals surface area (Å²) < 4.78 is 17.3. The Kier molecular flexibility index (Phi) is 5.46. The van der Waals surface area contributed by atoms with Crippen LogP contribution in [0.1, 0.15) is 19.7 Å². The minimum absolute atomic E-state index is 0.140. The topological polar surface area (TPSA) is 94.7 Å². The molecule has 140 valence electrons. The van der Waals surface area contributed by atoms with Gasteiger partial charge in [-0.3, -0.25) is 0 Å². The van der Waals surface area contributed by atoms with Gasteiger partial charge < -0.3 is 19.1 Å². The van der Waals surface area contributed by atoms with Gasteiger partial charge in [0.1, 0.15) is 11.5 Å². The number of hydrogen-bond donors (Lipinski definition) is 1. The van der Waals surface area contributed by atoms with Crippen LogP contribution in [-0.4, -0.2) is 26.8 Å². The lowest BCUT2D eigenvalue weighted by atomic mass is 10.1. The van der Waals surface area contributed by atoms with Gasteiger partial charge in [-0.25, -0.2) is 4.79 Å². The second-order valence-electron chi connectivity index (χ2n) is 6.20. The molecule has 27 heavy (non-hydrogen) atoms. The van der Waals surface area contributed by atoms with Crippen molar-refractivity contribution in [3.63, 3.8) is 0 Å². The lowest BCUT2D eigenvalue weighted by Gasteiger charge is -2.21. The Balaban J connectivity index is 1.59. The number of carboxylic acid groups (broad SMARTS) is 1. The molecule has 0 saturated carbocycles. The number of carboxylic acids is 1. The van der Waals surface area contributed by atoms with Gasteiger partial charge >= 0.3 is 5.97 Å². The Morgan fingerprint density at radius 2 is 1.74 bits per heavy atom. The van der Waals surface area contributed by atoms with Crippen molar-refractivity contribution in [3.8, 4) is 23.0 Å². The zero-order chi connectivity index (χ0) is 19.4. The van der Waals surface area contributed by atoms with E-state index in [4.69, 9.17) is 19.1 Å². The highest BCUT2D eigenvalue weighted by Gasteiger charge is 2.29. The van der Waals surface area contributed by atoms with E-state index in [2.05, 4.69) is 26.1 Å². The molecule has 3 rings (SSSR count). The predicted molar refractivity (Wildman–Crippen MR) is 101 cm³/mol. The van der Waals surface area contributed by atoms with Crippen molar-refractivity contribution in [1.29, 1.82) is 0 Å². The molecule has 0 aliphatic rings. The molecule has 0 radical (unpaired) electrons. The summed E-state index contributed by atoms with van der Waals surface area (Å²) >= 11 is 3.38. The monoisotopic (exact) mass is 432 g/mol. The van der Waals surface area contributed by atoms with E-state index in [0.717, 1.165) is 10.0 Å². The van der Waals surface area contributed by atoms with E-state index in [9.17, 15) is 4.79 Å². The second kappa shape index (κ2) is 7.79. The number of nitrogens with zero attached hydrogens (tertiary/aromatic N) is 2. The lowest BCUT2D eigenvalue weighted by molar-refractivity contribution is -0.152. The van der Waals surface area contributed by atoms with Crippen molar-refractivity contribution in [1.82, 2.24) is 10.1 Å². The van der Waals surface area contributed by atoms with Crippen LogP contribution in [0.25, 0.3) is 11.5 Å². The van der Waals surface area contributed by atoms with Crippen LogP contribution in [0.5, 0.6) is 11.5 Å². The van der Waals surface area contributed by atoms with Crippen molar-refractivity contribution < 1.29 is 23.9 Å². The largest absolute Gasteiger partial charge is 0.485 e. The van der Waals surface area contributed by atoms with Crippen LogP contribution in [0, 0.1) is 0 Å². The highest BCUT2D eigenvalue weighted by atomic mass is 79.9. The minimum Gasteiger partial charge on any atom is -0.485 e. The van der Waals surface area contributed by atoms with Crippen molar-refractivity contribution in [3.05, 3.63) is 58.8 Å². The zero-order valence-corrected chi connectivity index (χ0v) is 16.3. The fourth-order valence-electron chi connectivity index (χ4n) is 2.11. The molecule has 2 aromatic carbocycles. The van der Waals surface area contributed by atoms with Crippen LogP contribution >= 0.6 is 15.9 Å². The van der Waals surface area contributed by atoms with Gasteiger partial charge in [-0.2, -0.15) is 4.98 Å². The molecule has 0 aliphatic carbocycles. The normalized spacial score (nSPS) is 11.2. The molecule has 0 atom stereocenters. The van der Waals surface area contributed by atoms with Gasteiger partial charge in [0, 0.05) is 10.0 Å². The van der Waals surface area contributed by atoms with Crippen LogP contribution in [0.15, 0.2) is 57.5 Å². The summed E-state index contributed by atoms with van der Waals surface area (Å²) in [4.78, 5) is 15.4. The van der Waals surface area contributed by atoms with Crippen LogP contribution in [-0.2, 0) is 11.4 Å². The van der Waals surface area contributed by atoms with Crippen molar-refractivity contribution in [2.75, 3.05) is 0 Å². The highest BCUT2D eigenvalue weighted by molar-refractivity contribution is 9.10. The number of aliphatic carboxylic acids is 1. The molecule has 0 spiro atoms. The summed E-state index contributed by atoms with van der Waals surface area (Å²) in [5.41, 5.74) is -0.490. The van der Waals surface area contributed by atoms with E-state index in [1.54, 1.807) is 24.3 Å². The molecule has 1 N–H and O–H groups in total. The first-order valence-electron chi connectivity index (χ1n) is 8.07. The fourth-order valence-corrected chi connectivity index (χ4v) is 2.38. The number of benzene rings is 2. The molecule has 3 aromatic rings. The third kappa shape index (κ3) is 4.85. The molecule has 7 nitrogen and oxygen atoms in total. The maximum Gasteiger partial charge on any atom is 0.347 e. The van der Waals surface area contributed by atoms with Gasteiger partial charge in [0.2, 0.25) is 5.82 Å². The summed E-state index contributed by atoms with van der Waals surface area (Å²) in [6.45, 7) is 3.11. The van der Waals surface area contributed by atoms with Crippen LogP contribution in [0.2, 0.25) is 0 Å². The van der Waals surface area contributed by atoms with Gasteiger partial charge in [0.05, 0.1) is 0 Å².